The zero-order valence-electron chi connectivity index (χ0n) is 24.3. The number of aryl methyl sites for hydroxylation is 1. The van der Waals surface area contributed by atoms with Crippen molar-refractivity contribution in [2.24, 2.45) is 0 Å². The molecule has 0 saturated carbocycles. The van der Waals surface area contributed by atoms with Crippen LogP contribution in [0.4, 0.5) is 11.4 Å². The van der Waals surface area contributed by atoms with Crippen LogP contribution in [0.5, 0.6) is 0 Å². The molecule has 1 saturated heterocycles. The van der Waals surface area contributed by atoms with Crippen LogP contribution < -0.4 is 9.62 Å². The predicted octanol–water partition coefficient (Wildman–Crippen LogP) is 6.86. The van der Waals surface area contributed by atoms with E-state index in [9.17, 15) is 21.6 Å². The number of nitrogens with one attached hydrogen (secondary N) is 1. The van der Waals surface area contributed by atoms with Gasteiger partial charge in [0.2, 0.25) is 10.0 Å². The van der Waals surface area contributed by atoms with E-state index in [1.165, 1.54) is 20.7 Å². The molecular formula is C33H34ClN3O5S2. The van der Waals surface area contributed by atoms with Gasteiger partial charge in [0.25, 0.3) is 15.9 Å². The van der Waals surface area contributed by atoms with Crippen molar-refractivity contribution < 1.29 is 21.6 Å². The number of hydrogen-bond acceptors (Lipinski definition) is 5. The van der Waals surface area contributed by atoms with Crippen LogP contribution in [-0.4, -0.2) is 40.1 Å². The third-order valence-electron chi connectivity index (χ3n) is 7.63. The number of nitrogens with zero attached hydrogens (tertiary/aromatic N) is 2. The lowest BCUT2D eigenvalue weighted by atomic mass is 10.1. The average molecular weight is 652 g/mol. The average Bonchev–Trinajstić information content (AvgIpc) is 3.33. The third-order valence-corrected chi connectivity index (χ3v) is 11.6. The number of carbonyl (C=O) groups excluding carboxylic acids is 1. The van der Waals surface area contributed by atoms with Crippen LogP contribution in [0.2, 0.25) is 5.02 Å². The number of carbonyl (C=O) groups is 1. The monoisotopic (exact) mass is 651 g/mol. The van der Waals surface area contributed by atoms with E-state index in [2.05, 4.69) is 5.32 Å². The highest BCUT2D eigenvalue weighted by molar-refractivity contribution is 7.92. The van der Waals surface area contributed by atoms with Crippen LogP contribution in [0.25, 0.3) is 0 Å². The largest absolute Gasteiger partial charge is 0.322 e. The smallest absolute Gasteiger partial charge is 0.264 e. The zero-order valence-corrected chi connectivity index (χ0v) is 26.7. The maximum atomic E-state index is 13.7. The molecule has 0 unspecified atom stereocenters. The summed E-state index contributed by atoms with van der Waals surface area (Å²) in [7, 11) is -7.52. The maximum absolute atomic E-state index is 13.7. The summed E-state index contributed by atoms with van der Waals surface area (Å²) in [4.78, 5) is 13.4. The second-order valence-corrected chi connectivity index (χ2v) is 15.0. The molecule has 8 nitrogen and oxygen atoms in total. The molecule has 1 aliphatic rings. The number of amides is 1. The highest BCUT2D eigenvalue weighted by atomic mass is 35.5. The number of benzene rings is 4. The summed E-state index contributed by atoms with van der Waals surface area (Å²) in [6.07, 6.45) is 3.77. The first-order valence-corrected chi connectivity index (χ1v) is 17.7. The van der Waals surface area contributed by atoms with E-state index in [-0.39, 0.29) is 22.2 Å². The molecule has 1 aliphatic heterocycles. The number of halogens is 1. The van der Waals surface area contributed by atoms with Gasteiger partial charge in [-0.15, -0.1) is 0 Å². The SMILES string of the molecule is Cc1ccc(Cl)cc1N(Cc1ccc(C(=O)Nc2ccc(S(=O)(=O)N3CCCCCC3)cc2)cc1)S(=O)(=O)c1ccccc1. The fourth-order valence-corrected chi connectivity index (χ4v) is 8.36. The number of rotatable bonds is 9. The van der Waals surface area contributed by atoms with Gasteiger partial charge in [0.05, 0.1) is 22.0 Å². The van der Waals surface area contributed by atoms with Gasteiger partial charge in [0, 0.05) is 29.4 Å². The molecule has 1 amide bonds. The Kier molecular flexibility index (Phi) is 9.75. The van der Waals surface area contributed by atoms with Crippen molar-refractivity contribution >= 4 is 48.9 Å². The van der Waals surface area contributed by atoms with Crippen LogP contribution in [0.3, 0.4) is 0 Å². The van der Waals surface area contributed by atoms with Gasteiger partial charge in [0.1, 0.15) is 0 Å². The Morgan fingerprint density at radius 1 is 0.795 bits per heavy atom. The summed E-state index contributed by atoms with van der Waals surface area (Å²) in [5.74, 6) is -0.376. The lowest BCUT2D eigenvalue weighted by Gasteiger charge is -2.26. The molecule has 11 heteroatoms. The number of sulfonamides is 2. The van der Waals surface area contributed by atoms with Crippen LogP contribution in [-0.2, 0) is 26.6 Å². The fourth-order valence-electron chi connectivity index (χ4n) is 5.14. The van der Waals surface area contributed by atoms with Crippen molar-refractivity contribution in [3.63, 3.8) is 0 Å². The highest BCUT2D eigenvalue weighted by Gasteiger charge is 2.27. The highest BCUT2D eigenvalue weighted by Crippen LogP contribution is 2.31. The van der Waals surface area contributed by atoms with Crippen molar-refractivity contribution in [1.29, 1.82) is 0 Å². The Balaban J connectivity index is 1.32. The minimum Gasteiger partial charge on any atom is -0.322 e. The van der Waals surface area contributed by atoms with Crippen LogP contribution in [0.15, 0.2) is 107 Å². The normalized spacial score (nSPS) is 14.5. The standard InChI is InChI=1S/C33H34ClN3O5S2/c1-25-11-16-28(34)23-32(25)37(44(41,42)30-9-5-4-6-10-30)24-26-12-14-27(15-13-26)33(38)35-29-17-19-31(20-18-29)43(39,40)36-21-7-2-3-8-22-36/h4-6,9-20,23H,2-3,7-8,21-22,24H2,1H3,(H,35,38). The first-order chi connectivity index (χ1) is 21.1. The lowest BCUT2D eigenvalue weighted by Crippen LogP contribution is -2.31. The third kappa shape index (κ3) is 7.15. The van der Waals surface area contributed by atoms with E-state index >= 15 is 0 Å². The molecule has 44 heavy (non-hydrogen) atoms. The van der Waals surface area contributed by atoms with Crippen molar-refractivity contribution in [2.75, 3.05) is 22.7 Å². The Labute approximate surface area is 264 Å². The van der Waals surface area contributed by atoms with E-state index in [1.807, 2.05) is 6.92 Å². The van der Waals surface area contributed by atoms with Gasteiger partial charge < -0.3 is 5.32 Å². The van der Waals surface area contributed by atoms with Crippen molar-refractivity contribution in [3.8, 4) is 0 Å². The first-order valence-electron chi connectivity index (χ1n) is 14.4. The maximum Gasteiger partial charge on any atom is 0.264 e. The quantitative estimate of drug-likeness (QED) is 0.213. The molecule has 4 aromatic carbocycles. The van der Waals surface area contributed by atoms with E-state index in [1.54, 1.807) is 84.9 Å². The van der Waals surface area contributed by atoms with E-state index in [0.717, 1.165) is 31.2 Å². The molecule has 1 fully saturated rings. The molecule has 4 aromatic rings. The molecule has 5 rings (SSSR count). The van der Waals surface area contributed by atoms with Crippen LogP contribution >= 0.6 is 11.6 Å². The van der Waals surface area contributed by atoms with Crippen LogP contribution in [0, 0.1) is 6.92 Å². The van der Waals surface area contributed by atoms with Crippen molar-refractivity contribution in [2.45, 2.75) is 48.9 Å². The van der Waals surface area contributed by atoms with Gasteiger partial charge in [-0.2, -0.15) is 4.31 Å². The molecule has 1 heterocycles. The summed E-state index contributed by atoms with van der Waals surface area (Å²) in [6.45, 7) is 2.88. The van der Waals surface area contributed by atoms with E-state index < -0.39 is 20.0 Å². The summed E-state index contributed by atoms with van der Waals surface area (Å²) >= 11 is 6.26. The Hall–Kier alpha value is -3.70. The number of anilines is 2. The minimum atomic E-state index is -3.93. The molecule has 0 spiro atoms. The molecule has 0 bridgehead atoms. The molecule has 0 aliphatic carbocycles. The minimum absolute atomic E-state index is 0.0211. The molecule has 0 aromatic heterocycles. The Morgan fingerprint density at radius 3 is 2.07 bits per heavy atom. The molecular weight excluding hydrogens is 618 g/mol. The summed E-state index contributed by atoms with van der Waals surface area (Å²) in [5, 5.41) is 3.22. The van der Waals surface area contributed by atoms with Gasteiger partial charge in [-0.05, 0) is 91.6 Å². The molecule has 1 N–H and O–H groups in total. The first kappa shape index (κ1) is 31.7. The van der Waals surface area contributed by atoms with Gasteiger partial charge >= 0.3 is 0 Å². The second kappa shape index (κ2) is 13.5. The Morgan fingerprint density at radius 2 is 1.43 bits per heavy atom. The lowest BCUT2D eigenvalue weighted by molar-refractivity contribution is 0.102. The molecule has 0 radical (unpaired) electrons. The van der Waals surface area contributed by atoms with E-state index in [0.29, 0.717) is 40.6 Å². The zero-order chi connectivity index (χ0) is 31.3. The Bertz CT molecular complexity index is 1820. The van der Waals surface area contributed by atoms with E-state index in [4.69, 9.17) is 11.6 Å². The van der Waals surface area contributed by atoms with Crippen molar-refractivity contribution in [1.82, 2.24) is 4.31 Å². The second-order valence-electron chi connectivity index (χ2n) is 10.7. The summed E-state index contributed by atoms with van der Waals surface area (Å²) in [5.41, 5.74) is 2.71. The van der Waals surface area contributed by atoms with Gasteiger partial charge in [-0.3, -0.25) is 9.10 Å². The molecule has 230 valence electrons. The van der Waals surface area contributed by atoms with Gasteiger partial charge in [-0.25, -0.2) is 16.8 Å². The number of hydrogen-bond donors (Lipinski definition) is 1. The van der Waals surface area contributed by atoms with Gasteiger partial charge in [-0.1, -0.05) is 60.8 Å². The fraction of sp³-hybridized carbons (Fsp3) is 0.242. The predicted molar refractivity (Wildman–Crippen MR) is 174 cm³/mol. The summed E-state index contributed by atoms with van der Waals surface area (Å²) < 4.78 is 56.5. The van der Waals surface area contributed by atoms with Gasteiger partial charge in [0.15, 0.2) is 0 Å². The topological polar surface area (TPSA) is 104 Å². The summed E-state index contributed by atoms with van der Waals surface area (Å²) in [6, 6.07) is 26.2. The molecule has 0 atom stereocenters. The van der Waals surface area contributed by atoms with Crippen LogP contribution in [0.1, 0.15) is 47.2 Å². The van der Waals surface area contributed by atoms with Crippen molar-refractivity contribution in [3.05, 3.63) is 119 Å².